The number of hydrogen-bond acceptors (Lipinski definition) is 2. The zero-order chi connectivity index (χ0) is 15.6. The fourth-order valence-electron chi connectivity index (χ4n) is 2.44. The molecule has 1 amide bonds. The maximum atomic E-state index is 13.6. The number of hydrogen-bond donors (Lipinski definition) is 0. The molecule has 1 aromatic rings. The van der Waals surface area contributed by atoms with E-state index in [2.05, 4.69) is 0 Å². The van der Waals surface area contributed by atoms with Crippen LogP contribution in [0, 0.1) is 17.5 Å². The minimum atomic E-state index is -1.61. The van der Waals surface area contributed by atoms with Crippen molar-refractivity contribution in [3.05, 3.63) is 35.1 Å². The molecule has 0 bridgehead atoms. The summed E-state index contributed by atoms with van der Waals surface area (Å²) in [4.78, 5) is 13.6. The van der Waals surface area contributed by atoms with E-state index in [-0.39, 0.29) is 12.2 Å². The lowest BCUT2D eigenvalue weighted by molar-refractivity contribution is -0.0236. The van der Waals surface area contributed by atoms with Crippen molar-refractivity contribution in [1.82, 2.24) is 4.90 Å². The van der Waals surface area contributed by atoms with Crippen LogP contribution in [0.4, 0.5) is 13.2 Å². The molecule has 0 aliphatic carbocycles. The normalized spacial score (nSPS) is 16.6. The van der Waals surface area contributed by atoms with Crippen LogP contribution in [0.5, 0.6) is 0 Å². The fourth-order valence-corrected chi connectivity index (χ4v) is 2.44. The van der Waals surface area contributed by atoms with Gasteiger partial charge in [0, 0.05) is 13.1 Å². The predicted molar refractivity (Wildman–Crippen MR) is 71.5 cm³/mol. The van der Waals surface area contributed by atoms with Gasteiger partial charge in [0.05, 0.1) is 17.8 Å². The molecule has 1 saturated heterocycles. The lowest BCUT2D eigenvalue weighted by Crippen LogP contribution is -2.41. The number of ether oxygens (including phenoxy) is 1. The third kappa shape index (κ3) is 3.56. The Bertz CT molecular complexity index is 526. The zero-order valence-electron chi connectivity index (χ0n) is 12.0. The molecule has 21 heavy (non-hydrogen) atoms. The maximum Gasteiger partial charge on any atom is 0.256 e. The predicted octanol–water partition coefficient (Wildman–Crippen LogP) is 3.13. The Hall–Kier alpha value is -1.56. The topological polar surface area (TPSA) is 29.5 Å². The summed E-state index contributed by atoms with van der Waals surface area (Å²) in [5, 5.41) is 0. The molecule has 0 radical (unpaired) electrons. The second-order valence-electron chi connectivity index (χ2n) is 5.40. The standard InChI is InChI=1S/C15H18F3NO2/c1-9(2)21-10-5-7-19(8-6-10)15(20)11-3-4-12(16)14(18)13(11)17/h3-4,9-10H,5-8H2,1-2H3. The van der Waals surface area contributed by atoms with E-state index in [4.69, 9.17) is 4.74 Å². The Morgan fingerprint density at radius 3 is 2.38 bits per heavy atom. The van der Waals surface area contributed by atoms with E-state index in [1.165, 1.54) is 4.90 Å². The second-order valence-corrected chi connectivity index (χ2v) is 5.40. The first kappa shape index (κ1) is 15.8. The molecule has 0 aromatic heterocycles. The molecule has 6 heteroatoms. The molecule has 0 atom stereocenters. The number of likely N-dealkylation sites (tertiary alicyclic amines) is 1. The van der Waals surface area contributed by atoms with Gasteiger partial charge in [-0.3, -0.25) is 4.79 Å². The average Bonchev–Trinajstić information content (AvgIpc) is 2.44. The van der Waals surface area contributed by atoms with E-state index in [1.54, 1.807) is 0 Å². The minimum absolute atomic E-state index is 0.0730. The monoisotopic (exact) mass is 301 g/mol. The average molecular weight is 301 g/mol. The summed E-state index contributed by atoms with van der Waals surface area (Å²) in [7, 11) is 0. The lowest BCUT2D eigenvalue weighted by atomic mass is 10.1. The maximum absolute atomic E-state index is 13.6. The Balaban J connectivity index is 2.04. The molecule has 0 saturated carbocycles. The van der Waals surface area contributed by atoms with Gasteiger partial charge >= 0.3 is 0 Å². The zero-order valence-corrected chi connectivity index (χ0v) is 12.0. The SMILES string of the molecule is CC(C)OC1CCN(C(=O)c2ccc(F)c(F)c2F)CC1. The highest BCUT2D eigenvalue weighted by atomic mass is 19.2. The van der Waals surface area contributed by atoms with Crippen LogP contribution in [0.1, 0.15) is 37.0 Å². The molecule has 0 N–H and O–H groups in total. The Kier molecular flexibility index (Phi) is 4.88. The van der Waals surface area contributed by atoms with Crippen LogP contribution >= 0.6 is 0 Å². The van der Waals surface area contributed by atoms with Gasteiger partial charge in [0.2, 0.25) is 0 Å². The van der Waals surface area contributed by atoms with Crippen molar-refractivity contribution < 1.29 is 22.7 Å². The molecule has 0 unspecified atom stereocenters. The first-order valence-electron chi connectivity index (χ1n) is 6.98. The number of halogens is 3. The molecule has 1 aromatic carbocycles. The highest BCUT2D eigenvalue weighted by Crippen LogP contribution is 2.21. The third-order valence-corrected chi connectivity index (χ3v) is 3.46. The summed E-state index contributed by atoms with van der Waals surface area (Å²) in [6.45, 7) is 4.70. The number of amides is 1. The van der Waals surface area contributed by atoms with Crippen LogP contribution in [-0.4, -0.2) is 36.1 Å². The van der Waals surface area contributed by atoms with Crippen LogP contribution in [0.3, 0.4) is 0 Å². The van der Waals surface area contributed by atoms with Gasteiger partial charge in [0.15, 0.2) is 17.5 Å². The Morgan fingerprint density at radius 2 is 1.81 bits per heavy atom. The first-order valence-corrected chi connectivity index (χ1v) is 6.98. The molecule has 1 fully saturated rings. The van der Waals surface area contributed by atoms with Gasteiger partial charge in [-0.2, -0.15) is 0 Å². The van der Waals surface area contributed by atoms with E-state index < -0.39 is 28.9 Å². The minimum Gasteiger partial charge on any atom is -0.375 e. The van der Waals surface area contributed by atoms with Gasteiger partial charge in [-0.1, -0.05) is 0 Å². The lowest BCUT2D eigenvalue weighted by Gasteiger charge is -2.33. The van der Waals surface area contributed by atoms with E-state index in [0.717, 1.165) is 12.1 Å². The Morgan fingerprint density at radius 1 is 1.19 bits per heavy atom. The van der Waals surface area contributed by atoms with Gasteiger partial charge in [-0.25, -0.2) is 13.2 Å². The molecule has 3 nitrogen and oxygen atoms in total. The number of piperidine rings is 1. The van der Waals surface area contributed by atoms with Crippen molar-refractivity contribution >= 4 is 5.91 Å². The van der Waals surface area contributed by atoms with E-state index in [1.807, 2.05) is 13.8 Å². The molecule has 1 aliphatic rings. The van der Waals surface area contributed by atoms with Crippen molar-refractivity contribution in [2.24, 2.45) is 0 Å². The van der Waals surface area contributed by atoms with E-state index >= 15 is 0 Å². The molecule has 0 spiro atoms. The Labute approximate surface area is 121 Å². The largest absolute Gasteiger partial charge is 0.375 e. The van der Waals surface area contributed by atoms with Gasteiger partial charge in [-0.15, -0.1) is 0 Å². The van der Waals surface area contributed by atoms with Crippen LogP contribution in [-0.2, 0) is 4.74 Å². The van der Waals surface area contributed by atoms with E-state index in [9.17, 15) is 18.0 Å². The van der Waals surface area contributed by atoms with Gasteiger partial charge in [0.1, 0.15) is 0 Å². The van der Waals surface area contributed by atoms with Crippen molar-refractivity contribution in [2.75, 3.05) is 13.1 Å². The molecule has 1 heterocycles. The highest BCUT2D eigenvalue weighted by molar-refractivity contribution is 5.94. The highest BCUT2D eigenvalue weighted by Gasteiger charge is 2.27. The van der Waals surface area contributed by atoms with Gasteiger partial charge in [-0.05, 0) is 38.8 Å². The molecular formula is C15H18F3NO2. The number of carbonyl (C=O) groups excluding carboxylic acids is 1. The van der Waals surface area contributed by atoms with Crippen LogP contribution in [0.25, 0.3) is 0 Å². The van der Waals surface area contributed by atoms with E-state index in [0.29, 0.717) is 25.9 Å². The number of rotatable bonds is 3. The van der Waals surface area contributed by atoms with Crippen molar-refractivity contribution in [1.29, 1.82) is 0 Å². The molecule has 116 valence electrons. The summed E-state index contributed by atoms with van der Waals surface area (Å²) < 4.78 is 45.4. The first-order chi connectivity index (χ1) is 9.90. The summed E-state index contributed by atoms with van der Waals surface area (Å²) in [6, 6.07) is 1.74. The quantitative estimate of drug-likeness (QED) is 0.803. The second kappa shape index (κ2) is 6.47. The number of benzene rings is 1. The van der Waals surface area contributed by atoms with Crippen molar-refractivity contribution in [3.63, 3.8) is 0 Å². The van der Waals surface area contributed by atoms with Gasteiger partial charge < -0.3 is 9.64 Å². The molecule has 2 rings (SSSR count). The summed E-state index contributed by atoms with van der Waals surface area (Å²) >= 11 is 0. The number of carbonyl (C=O) groups is 1. The molecule has 1 aliphatic heterocycles. The third-order valence-electron chi connectivity index (χ3n) is 3.46. The molecular weight excluding hydrogens is 283 g/mol. The summed E-state index contributed by atoms with van der Waals surface area (Å²) in [5.41, 5.74) is -0.433. The summed E-state index contributed by atoms with van der Waals surface area (Å²) in [6.07, 6.45) is 1.48. The summed E-state index contributed by atoms with van der Waals surface area (Å²) in [5.74, 6) is -4.96. The smallest absolute Gasteiger partial charge is 0.256 e. The van der Waals surface area contributed by atoms with Crippen LogP contribution < -0.4 is 0 Å². The fraction of sp³-hybridized carbons (Fsp3) is 0.533. The van der Waals surface area contributed by atoms with Crippen LogP contribution in [0.15, 0.2) is 12.1 Å². The number of nitrogens with zero attached hydrogens (tertiary/aromatic N) is 1. The van der Waals surface area contributed by atoms with Crippen molar-refractivity contribution in [2.45, 2.75) is 38.9 Å². The van der Waals surface area contributed by atoms with Gasteiger partial charge in [0.25, 0.3) is 5.91 Å². The van der Waals surface area contributed by atoms with Crippen molar-refractivity contribution in [3.8, 4) is 0 Å². The van der Waals surface area contributed by atoms with Crippen LogP contribution in [0.2, 0.25) is 0 Å².